The second-order valence-corrected chi connectivity index (χ2v) is 4.94. The summed E-state index contributed by atoms with van der Waals surface area (Å²) in [7, 11) is 1.66. The number of aryl methyl sites for hydroxylation is 2. The lowest BCUT2D eigenvalue weighted by atomic mass is 10.1. The Morgan fingerprint density at radius 3 is 2.30 bits per heavy atom. The molecule has 2 aromatic carbocycles. The van der Waals surface area contributed by atoms with Crippen molar-refractivity contribution in [2.24, 2.45) is 0 Å². The minimum Gasteiger partial charge on any atom is -0.493 e. The van der Waals surface area contributed by atoms with Gasteiger partial charge in [-0.3, -0.25) is 0 Å². The Balaban J connectivity index is 2.34. The van der Waals surface area contributed by atoms with Gasteiger partial charge in [0, 0.05) is 5.88 Å². The molecule has 0 N–H and O–H groups in total. The van der Waals surface area contributed by atoms with Gasteiger partial charge in [-0.15, -0.1) is 11.6 Å². The highest BCUT2D eigenvalue weighted by atomic mass is 35.5. The van der Waals surface area contributed by atoms with Crippen molar-refractivity contribution in [3.8, 4) is 17.2 Å². The van der Waals surface area contributed by atoms with Gasteiger partial charge in [0.1, 0.15) is 5.75 Å². The summed E-state index contributed by atoms with van der Waals surface area (Å²) in [5, 5.41) is 0. The molecule has 0 bridgehead atoms. The minimum absolute atomic E-state index is 0.475. The van der Waals surface area contributed by atoms with Gasteiger partial charge in [-0.25, -0.2) is 0 Å². The largest absolute Gasteiger partial charge is 0.493 e. The zero-order chi connectivity index (χ0) is 14.5. The van der Waals surface area contributed by atoms with Crippen LogP contribution >= 0.6 is 11.6 Å². The van der Waals surface area contributed by atoms with Crippen molar-refractivity contribution in [1.82, 2.24) is 0 Å². The maximum absolute atomic E-state index is 5.99. The number of ether oxygens (including phenoxy) is 2. The highest BCUT2D eigenvalue weighted by Gasteiger charge is 2.09. The van der Waals surface area contributed by atoms with Crippen LogP contribution in [0.25, 0.3) is 0 Å². The molecule has 0 amide bonds. The second kappa shape index (κ2) is 6.67. The van der Waals surface area contributed by atoms with E-state index in [1.807, 2.05) is 37.3 Å². The molecule has 0 atom stereocenters. The van der Waals surface area contributed by atoms with Crippen LogP contribution in [-0.2, 0) is 12.3 Å². The van der Waals surface area contributed by atoms with Gasteiger partial charge in [0.25, 0.3) is 0 Å². The number of benzene rings is 2. The molecule has 0 aromatic heterocycles. The molecule has 0 spiro atoms. The van der Waals surface area contributed by atoms with Crippen LogP contribution < -0.4 is 9.47 Å². The monoisotopic (exact) mass is 290 g/mol. The molecule has 0 aliphatic rings. The lowest BCUT2D eigenvalue weighted by Crippen LogP contribution is -1.94. The van der Waals surface area contributed by atoms with Crippen molar-refractivity contribution >= 4 is 11.6 Å². The molecule has 106 valence electrons. The molecule has 3 heteroatoms. The molecule has 0 radical (unpaired) electrons. The molecule has 0 saturated heterocycles. The van der Waals surface area contributed by atoms with Crippen LogP contribution in [0, 0.1) is 6.92 Å². The lowest BCUT2D eigenvalue weighted by Gasteiger charge is -2.14. The van der Waals surface area contributed by atoms with E-state index in [9.17, 15) is 0 Å². The molecule has 0 unspecified atom stereocenters. The van der Waals surface area contributed by atoms with E-state index in [-0.39, 0.29) is 0 Å². The summed E-state index contributed by atoms with van der Waals surface area (Å²) in [6.45, 7) is 4.13. The van der Waals surface area contributed by atoms with E-state index in [0.29, 0.717) is 5.88 Å². The molecular formula is C17H19ClO2. The maximum atomic E-state index is 5.99. The van der Waals surface area contributed by atoms with E-state index in [2.05, 4.69) is 13.0 Å². The van der Waals surface area contributed by atoms with Crippen LogP contribution in [0.4, 0.5) is 0 Å². The van der Waals surface area contributed by atoms with Crippen LogP contribution in [0.15, 0.2) is 36.4 Å². The van der Waals surface area contributed by atoms with Crippen molar-refractivity contribution < 1.29 is 9.47 Å². The van der Waals surface area contributed by atoms with Crippen molar-refractivity contribution in [2.45, 2.75) is 26.1 Å². The Hall–Kier alpha value is -1.67. The second-order valence-electron chi connectivity index (χ2n) is 4.67. The van der Waals surface area contributed by atoms with Gasteiger partial charge in [0.15, 0.2) is 11.5 Å². The van der Waals surface area contributed by atoms with Crippen LogP contribution in [0.1, 0.15) is 23.6 Å². The van der Waals surface area contributed by atoms with E-state index in [1.165, 1.54) is 5.56 Å². The first-order chi connectivity index (χ1) is 9.67. The highest BCUT2D eigenvalue weighted by Crippen LogP contribution is 2.34. The van der Waals surface area contributed by atoms with Gasteiger partial charge in [0.2, 0.25) is 0 Å². The third-order valence-corrected chi connectivity index (χ3v) is 3.57. The highest BCUT2D eigenvalue weighted by molar-refractivity contribution is 6.17. The molecule has 0 aliphatic carbocycles. The standard InChI is InChI=1S/C17H19ClO2/c1-4-13-7-8-15(17(9-13)19-3)20-16-10-14(11-18)6-5-12(16)2/h5-10H,4,11H2,1-3H3. The van der Waals surface area contributed by atoms with Crippen molar-refractivity contribution in [3.05, 3.63) is 53.1 Å². The summed E-state index contributed by atoms with van der Waals surface area (Å²) < 4.78 is 11.4. The third-order valence-electron chi connectivity index (χ3n) is 3.26. The number of hydrogen-bond acceptors (Lipinski definition) is 2. The normalized spacial score (nSPS) is 10.4. The Morgan fingerprint density at radius 2 is 1.65 bits per heavy atom. The number of alkyl halides is 1. The molecule has 2 aromatic rings. The van der Waals surface area contributed by atoms with E-state index in [1.54, 1.807) is 7.11 Å². The lowest BCUT2D eigenvalue weighted by molar-refractivity contribution is 0.377. The zero-order valence-corrected chi connectivity index (χ0v) is 12.8. The summed E-state index contributed by atoms with van der Waals surface area (Å²) in [5.41, 5.74) is 3.33. The molecule has 0 saturated carbocycles. The van der Waals surface area contributed by atoms with Gasteiger partial charge < -0.3 is 9.47 Å². The van der Waals surface area contributed by atoms with Crippen LogP contribution in [0.2, 0.25) is 0 Å². The Kier molecular flexibility index (Phi) is 4.91. The van der Waals surface area contributed by atoms with Gasteiger partial charge in [-0.05, 0) is 48.2 Å². The molecule has 2 rings (SSSR count). The van der Waals surface area contributed by atoms with E-state index < -0.39 is 0 Å². The third kappa shape index (κ3) is 3.26. The van der Waals surface area contributed by atoms with Crippen LogP contribution in [-0.4, -0.2) is 7.11 Å². The molecule has 0 fully saturated rings. The summed E-state index contributed by atoms with van der Waals surface area (Å²) in [4.78, 5) is 0. The molecule has 2 nitrogen and oxygen atoms in total. The van der Waals surface area contributed by atoms with Crippen molar-refractivity contribution in [2.75, 3.05) is 7.11 Å². The quantitative estimate of drug-likeness (QED) is 0.714. The van der Waals surface area contributed by atoms with Crippen LogP contribution in [0.5, 0.6) is 17.2 Å². The molecule has 0 heterocycles. The van der Waals surface area contributed by atoms with Gasteiger partial charge >= 0.3 is 0 Å². The maximum Gasteiger partial charge on any atom is 0.169 e. The Labute approximate surface area is 125 Å². The van der Waals surface area contributed by atoms with Gasteiger partial charge in [-0.2, -0.15) is 0 Å². The first-order valence-corrected chi connectivity index (χ1v) is 7.21. The van der Waals surface area contributed by atoms with E-state index in [4.69, 9.17) is 21.1 Å². The predicted octanol–water partition coefficient (Wildman–Crippen LogP) is 5.10. The SMILES string of the molecule is CCc1ccc(Oc2cc(CCl)ccc2C)c(OC)c1. The Bertz CT molecular complexity index is 594. The number of rotatable bonds is 5. The fourth-order valence-corrected chi connectivity index (χ4v) is 2.14. The number of hydrogen-bond donors (Lipinski definition) is 0. The Morgan fingerprint density at radius 1 is 0.950 bits per heavy atom. The predicted molar refractivity (Wildman–Crippen MR) is 83.2 cm³/mol. The summed E-state index contributed by atoms with van der Waals surface area (Å²) in [6, 6.07) is 12.0. The first kappa shape index (κ1) is 14.7. The van der Waals surface area contributed by atoms with Crippen molar-refractivity contribution in [1.29, 1.82) is 0 Å². The molecular weight excluding hydrogens is 272 g/mol. The molecule has 0 aliphatic heterocycles. The topological polar surface area (TPSA) is 18.5 Å². The van der Waals surface area contributed by atoms with E-state index >= 15 is 0 Å². The first-order valence-electron chi connectivity index (χ1n) is 6.68. The van der Waals surface area contributed by atoms with Crippen molar-refractivity contribution in [3.63, 3.8) is 0 Å². The number of methoxy groups -OCH3 is 1. The van der Waals surface area contributed by atoms with E-state index in [0.717, 1.165) is 34.8 Å². The minimum atomic E-state index is 0.475. The smallest absolute Gasteiger partial charge is 0.169 e. The average Bonchev–Trinajstić information content (AvgIpc) is 2.49. The average molecular weight is 291 g/mol. The summed E-state index contributed by atoms with van der Waals surface area (Å²) in [5.74, 6) is 2.76. The summed E-state index contributed by atoms with van der Waals surface area (Å²) in [6.07, 6.45) is 0.970. The number of halogens is 1. The van der Waals surface area contributed by atoms with Gasteiger partial charge in [-0.1, -0.05) is 25.1 Å². The van der Waals surface area contributed by atoms with Crippen LogP contribution in [0.3, 0.4) is 0 Å². The van der Waals surface area contributed by atoms with Gasteiger partial charge in [0.05, 0.1) is 7.11 Å². The zero-order valence-electron chi connectivity index (χ0n) is 12.1. The fraction of sp³-hybridized carbons (Fsp3) is 0.294. The fourth-order valence-electron chi connectivity index (χ4n) is 1.97. The molecule has 20 heavy (non-hydrogen) atoms. The summed E-state index contributed by atoms with van der Waals surface area (Å²) >= 11 is 5.87.